The van der Waals surface area contributed by atoms with Crippen molar-refractivity contribution in [3.05, 3.63) is 53.5 Å². The summed E-state index contributed by atoms with van der Waals surface area (Å²) in [5.74, 6) is -0.474. The zero-order chi connectivity index (χ0) is 15.2. The van der Waals surface area contributed by atoms with Crippen LogP contribution in [0.25, 0.3) is 0 Å². The van der Waals surface area contributed by atoms with Crippen LogP contribution in [0.15, 0.2) is 41.0 Å². The summed E-state index contributed by atoms with van der Waals surface area (Å²) >= 11 is 0. The minimum Gasteiger partial charge on any atom is -0.481 e. The third-order valence-corrected chi connectivity index (χ3v) is 3.18. The van der Waals surface area contributed by atoms with E-state index in [2.05, 4.69) is 5.32 Å². The number of nitrogens with one attached hydrogen (secondary N) is 1. The highest BCUT2D eigenvalue weighted by atomic mass is 16.4. The fourth-order valence-electron chi connectivity index (χ4n) is 2.11. The Kier molecular flexibility index (Phi) is 4.77. The van der Waals surface area contributed by atoms with Crippen LogP contribution in [0.2, 0.25) is 0 Å². The Morgan fingerprint density at radius 3 is 2.71 bits per heavy atom. The van der Waals surface area contributed by atoms with Crippen molar-refractivity contribution in [1.82, 2.24) is 0 Å². The van der Waals surface area contributed by atoms with E-state index in [9.17, 15) is 9.59 Å². The van der Waals surface area contributed by atoms with Gasteiger partial charge in [0.2, 0.25) is 0 Å². The zero-order valence-corrected chi connectivity index (χ0v) is 11.8. The summed E-state index contributed by atoms with van der Waals surface area (Å²) in [6.07, 6.45) is 2.52. The molecule has 0 atom stereocenters. The molecule has 2 rings (SSSR count). The van der Waals surface area contributed by atoms with Gasteiger partial charge < -0.3 is 14.8 Å². The molecule has 0 aliphatic rings. The van der Waals surface area contributed by atoms with Gasteiger partial charge in [0.1, 0.15) is 5.76 Å². The molecule has 0 unspecified atom stereocenters. The highest BCUT2D eigenvalue weighted by molar-refractivity contribution is 6.05. The highest BCUT2D eigenvalue weighted by Gasteiger charge is 2.15. The molecule has 5 heteroatoms. The third kappa shape index (κ3) is 3.72. The fraction of sp³-hybridized carbons (Fsp3) is 0.250. The number of amides is 1. The molecule has 0 saturated heterocycles. The van der Waals surface area contributed by atoms with E-state index in [4.69, 9.17) is 9.52 Å². The molecule has 0 bridgehead atoms. The lowest BCUT2D eigenvalue weighted by atomic mass is 10.1. The molecular formula is C16H17NO4. The Morgan fingerprint density at radius 2 is 2.00 bits per heavy atom. The van der Waals surface area contributed by atoms with Gasteiger partial charge in [-0.15, -0.1) is 0 Å². The fourth-order valence-corrected chi connectivity index (χ4v) is 2.11. The average Bonchev–Trinajstić information content (AvgIpc) is 2.94. The molecule has 1 heterocycles. The number of carboxylic acids is 1. The predicted molar refractivity (Wildman–Crippen MR) is 78.4 cm³/mol. The number of carbonyl (C=O) groups excluding carboxylic acids is 1. The molecule has 2 N–H and O–H groups in total. The van der Waals surface area contributed by atoms with Crippen molar-refractivity contribution in [1.29, 1.82) is 0 Å². The van der Waals surface area contributed by atoms with E-state index in [1.54, 1.807) is 18.2 Å². The van der Waals surface area contributed by atoms with Crippen molar-refractivity contribution in [3.63, 3.8) is 0 Å². The number of hydrogen-bond acceptors (Lipinski definition) is 3. The average molecular weight is 287 g/mol. The standard InChI is InChI=1S/C16H17NO4/c1-2-14-12(9-10-21-14)16(20)17-13-6-4-3-5-11(13)7-8-15(18)19/h3-6,9-10H,2,7-8H2,1H3,(H,17,20)(H,18,19). The molecule has 21 heavy (non-hydrogen) atoms. The largest absolute Gasteiger partial charge is 0.481 e. The highest BCUT2D eigenvalue weighted by Crippen LogP contribution is 2.19. The minimum atomic E-state index is -0.862. The molecule has 2 aromatic rings. The summed E-state index contributed by atoms with van der Waals surface area (Å²) in [5, 5.41) is 11.6. The minimum absolute atomic E-state index is 0.0266. The number of aliphatic carboxylic acids is 1. The molecule has 0 aliphatic heterocycles. The van der Waals surface area contributed by atoms with Gasteiger partial charge in [-0.25, -0.2) is 0 Å². The van der Waals surface area contributed by atoms with Crippen LogP contribution >= 0.6 is 0 Å². The molecule has 5 nitrogen and oxygen atoms in total. The number of carboxylic acid groups (broad SMARTS) is 1. The predicted octanol–water partition coefficient (Wildman–Crippen LogP) is 3.11. The lowest BCUT2D eigenvalue weighted by Crippen LogP contribution is -2.14. The molecule has 0 spiro atoms. The number of carbonyl (C=O) groups is 2. The van der Waals surface area contributed by atoms with Crippen LogP contribution in [-0.4, -0.2) is 17.0 Å². The first kappa shape index (κ1) is 14.8. The molecule has 1 aromatic heterocycles. The molecule has 1 aromatic carbocycles. The summed E-state index contributed by atoms with van der Waals surface area (Å²) in [4.78, 5) is 22.9. The van der Waals surface area contributed by atoms with Crippen LogP contribution in [0, 0.1) is 0 Å². The first-order chi connectivity index (χ1) is 10.1. The van der Waals surface area contributed by atoms with Gasteiger partial charge >= 0.3 is 5.97 Å². The number of anilines is 1. The van der Waals surface area contributed by atoms with E-state index in [1.807, 2.05) is 19.1 Å². The van der Waals surface area contributed by atoms with E-state index < -0.39 is 5.97 Å². The number of furan rings is 1. The Labute approximate surface area is 122 Å². The van der Waals surface area contributed by atoms with Gasteiger partial charge in [0.25, 0.3) is 5.91 Å². The van der Waals surface area contributed by atoms with Crippen molar-refractivity contribution in [3.8, 4) is 0 Å². The van der Waals surface area contributed by atoms with Crippen molar-refractivity contribution >= 4 is 17.6 Å². The van der Waals surface area contributed by atoms with Crippen LogP contribution in [0.1, 0.15) is 35.0 Å². The normalized spacial score (nSPS) is 10.3. The Balaban J connectivity index is 2.15. The van der Waals surface area contributed by atoms with Crippen molar-refractivity contribution in [2.75, 3.05) is 5.32 Å². The second kappa shape index (κ2) is 6.74. The molecule has 0 aliphatic carbocycles. The van der Waals surface area contributed by atoms with Gasteiger partial charge in [-0.1, -0.05) is 25.1 Å². The summed E-state index contributed by atoms with van der Waals surface area (Å²) in [6.45, 7) is 1.91. The second-order valence-electron chi connectivity index (χ2n) is 4.62. The van der Waals surface area contributed by atoms with Gasteiger partial charge in [-0.2, -0.15) is 0 Å². The van der Waals surface area contributed by atoms with Crippen molar-refractivity contribution in [2.45, 2.75) is 26.2 Å². The zero-order valence-electron chi connectivity index (χ0n) is 11.8. The summed E-state index contributed by atoms with van der Waals surface area (Å²) in [6, 6.07) is 8.83. The van der Waals surface area contributed by atoms with E-state index in [0.717, 1.165) is 5.56 Å². The maximum atomic E-state index is 12.3. The molecule has 0 saturated carbocycles. The van der Waals surface area contributed by atoms with Gasteiger partial charge in [-0.05, 0) is 24.1 Å². The van der Waals surface area contributed by atoms with Gasteiger partial charge in [0.15, 0.2) is 0 Å². The lowest BCUT2D eigenvalue weighted by molar-refractivity contribution is -0.136. The SMILES string of the molecule is CCc1occc1C(=O)Nc1ccccc1CCC(=O)O. The van der Waals surface area contributed by atoms with Crippen LogP contribution in [-0.2, 0) is 17.6 Å². The molecule has 0 radical (unpaired) electrons. The third-order valence-electron chi connectivity index (χ3n) is 3.18. The van der Waals surface area contributed by atoms with E-state index in [1.165, 1.54) is 6.26 Å². The van der Waals surface area contributed by atoms with Gasteiger partial charge in [0.05, 0.1) is 11.8 Å². The monoisotopic (exact) mass is 287 g/mol. The first-order valence-corrected chi connectivity index (χ1v) is 6.79. The lowest BCUT2D eigenvalue weighted by Gasteiger charge is -2.10. The van der Waals surface area contributed by atoms with Crippen LogP contribution in [0.5, 0.6) is 0 Å². The quantitative estimate of drug-likeness (QED) is 0.855. The number of rotatable bonds is 6. The van der Waals surface area contributed by atoms with E-state index >= 15 is 0 Å². The van der Waals surface area contributed by atoms with Crippen LogP contribution < -0.4 is 5.32 Å². The van der Waals surface area contributed by atoms with E-state index in [-0.39, 0.29) is 12.3 Å². The van der Waals surface area contributed by atoms with Crippen molar-refractivity contribution in [2.24, 2.45) is 0 Å². The number of benzene rings is 1. The summed E-state index contributed by atoms with van der Waals surface area (Å²) in [7, 11) is 0. The molecule has 110 valence electrons. The van der Waals surface area contributed by atoms with E-state index in [0.29, 0.717) is 29.9 Å². The Bertz CT molecular complexity index is 645. The maximum Gasteiger partial charge on any atom is 0.303 e. The Hall–Kier alpha value is -2.56. The summed E-state index contributed by atoms with van der Waals surface area (Å²) in [5.41, 5.74) is 1.94. The number of aryl methyl sites for hydroxylation is 2. The van der Waals surface area contributed by atoms with Crippen LogP contribution in [0.3, 0.4) is 0 Å². The van der Waals surface area contributed by atoms with Gasteiger partial charge in [0, 0.05) is 18.5 Å². The second-order valence-corrected chi connectivity index (χ2v) is 4.62. The Morgan fingerprint density at radius 1 is 1.24 bits per heavy atom. The topological polar surface area (TPSA) is 79.5 Å². The molecular weight excluding hydrogens is 270 g/mol. The number of para-hydroxylation sites is 1. The molecule has 1 amide bonds. The van der Waals surface area contributed by atoms with Crippen molar-refractivity contribution < 1.29 is 19.1 Å². The first-order valence-electron chi connectivity index (χ1n) is 6.79. The van der Waals surface area contributed by atoms with Gasteiger partial charge in [-0.3, -0.25) is 9.59 Å². The molecule has 0 fully saturated rings. The smallest absolute Gasteiger partial charge is 0.303 e. The maximum absolute atomic E-state index is 12.3. The van der Waals surface area contributed by atoms with Crippen LogP contribution in [0.4, 0.5) is 5.69 Å². The summed E-state index contributed by atoms with van der Waals surface area (Å²) < 4.78 is 5.24. The number of hydrogen-bond donors (Lipinski definition) is 2.